The lowest BCUT2D eigenvalue weighted by molar-refractivity contribution is -0.112. The van der Waals surface area contributed by atoms with Crippen LogP contribution in [0.25, 0.3) is 6.08 Å². The van der Waals surface area contributed by atoms with Gasteiger partial charge >= 0.3 is 0 Å². The fourth-order valence-electron chi connectivity index (χ4n) is 2.66. The molecule has 0 unspecified atom stereocenters. The Morgan fingerprint density at radius 2 is 1.80 bits per heavy atom. The van der Waals surface area contributed by atoms with Crippen LogP contribution < -0.4 is 10.1 Å². The lowest BCUT2D eigenvalue weighted by atomic mass is 10.1. The Hall–Kier alpha value is -4.06. The number of halogens is 1. The van der Waals surface area contributed by atoms with Crippen molar-refractivity contribution in [2.75, 3.05) is 5.32 Å². The minimum absolute atomic E-state index is 0.0356. The number of nitrogens with zero attached hydrogens (tertiary/aromatic N) is 2. The van der Waals surface area contributed by atoms with Gasteiger partial charge in [0.2, 0.25) is 0 Å². The van der Waals surface area contributed by atoms with Crippen LogP contribution in [0.4, 0.5) is 5.69 Å². The number of nitrogens with one attached hydrogen (secondary N) is 1. The van der Waals surface area contributed by atoms with Gasteiger partial charge in [0.05, 0.1) is 11.6 Å². The van der Waals surface area contributed by atoms with E-state index in [1.165, 1.54) is 6.08 Å². The molecule has 0 aliphatic carbocycles. The van der Waals surface area contributed by atoms with E-state index in [1.54, 1.807) is 60.7 Å². The first-order chi connectivity index (χ1) is 14.6. The van der Waals surface area contributed by atoms with Gasteiger partial charge in [-0.3, -0.25) is 4.79 Å². The van der Waals surface area contributed by atoms with Crippen molar-refractivity contribution >= 4 is 29.3 Å². The summed E-state index contributed by atoms with van der Waals surface area (Å²) in [6, 6.07) is 25.0. The van der Waals surface area contributed by atoms with E-state index in [4.69, 9.17) is 21.6 Å². The number of benzene rings is 3. The van der Waals surface area contributed by atoms with Gasteiger partial charge < -0.3 is 10.1 Å². The van der Waals surface area contributed by atoms with Gasteiger partial charge in [0.15, 0.2) is 0 Å². The Morgan fingerprint density at radius 3 is 2.50 bits per heavy atom. The second-order valence-electron chi connectivity index (χ2n) is 6.26. The van der Waals surface area contributed by atoms with Gasteiger partial charge in [0.1, 0.15) is 24.0 Å². The van der Waals surface area contributed by atoms with Gasteiger partial charge in [-0.25, -0.2) is 0 Å². The summed E-state index contributed by atoms with van der Waals surface area (Å²) in [7, 11) is 0. The Bertz CT molecular complexity index is 1170. The molecule has 0 bridgehead atoms. The highest BCUT2D eigenvalue weighted by Crippen LogP contribution is 2.19. The second kappa shape index (κ2) is 9.93. The lowest BCUT2D eigenvalue weighted by Crippen LogP contribution is -2.13. The molecule has 3 aromatic carbocycles. The third-order valence-corrected chi connectivity index (χ3v) is 4.41. The van der Waals surface area contributed by atoms with Crippen molar-refractivity contribution in [1.82, 2.24) is 0 Å². The molecule has 1 amide bonds. The summed E-state index contributed by atoms with van der Waals surface area (Å²) in [5, 5.41) is 21.6. The summed E-state index contributed by atoms with van der Waals surface area (Å²) in [4.78, 5) is 12.4. The first-order valence-corrected chi connectivity index (χ1v) is 9.36. The normalized spacial score (nSPS) is 10.6. The van der Waals surface area contributed by atoms with E-state index >= 15 is 0 Å². The topological polar surface area (TPSA) is 85.9 Å². The minimum Gasteiger partial charge on any atom is -0.489 e. The number of nitriles is 2. The van der Waals surface area contributed by atoms with Crippen molar-refractivity contribution in [3.05, 3.63) is 100 Å². The van der Waals surface area contributed by atoms with Crippen molar-refractivity contribution in [2.45, 2.75) is 6.61 Å². The van der Waals surface area contributed by atoms with Gasteiger partial charge in [-0.1, -0.05) is 48.0 Å². The van der Waals surface area contributed by atoms with Crippen LogP contribution in [0.3, 0.4) is 0 Å². The largest absolute Gasteiger partial charge is 0.489 e. The monoisotopic (exact) mass is 413 g/mol. The standard InChI is InChI=1S/C24H16ClN3O2/c25-21-6-3-7-22(13-21)28-24(29)20(15-27)12-17-8-10-23(11-9-17)30-16-19-5-2-1-4-18(19)14-26/h1-13H,16H2,(H,28,29)/b20-12+. The molecule has 146 valence electrons. The molecule has 0 aromatic heterocycles. The Kier molecular flexibility index (Phi) is 6.84. The maximum atomic E-state index is 12.4. The lowest BCUT2D eigenvalue weighted by Gasteiger charge is -2.08. The molecule has 0 atom stereocenters. The van der Waals surface area contributed by atoms with Gasteiger partial charge in [-0.15, -0.1) is 0 Å². The van der Waals surface area contributed by atoms with E-state index < -0.39 is 5.91 Å². The molecule has 0 aliphatic rings. The van der Waals surface area contributed by atoms with Crippen LogP contribution in [0.5, 0.6) is 5.75 Å². The zero-order valence-corrected chi connectivity index (χ0v) is 16.6. The van der Waals surface area contributed by atoms with Crippen molar-refractivity contribution in [3.8, 4) is 17.9 Å². The average Bonchev–Trinajstić information content (AvgIpc) is 2.77. The number of rotatable bonds is 6. The molecular formula is C24H16ClN3O2. The second-order valence-corrected chi connectivity index (χ2v) is 6.70. The molecule has 3 aromatic rings. The zero-order valence-electron chi connectivity index (χ0n) is 15.8. The van der Waals surface area contributed by atoms with Crippen LogP contribution in [0, 0.1) is 22.7 Å². The Labute approximate surface area is 179 Å². The minimum atomic E-state index is -0.520. The summed E-state index contributed by atoms with van der Waals surface area (Å²) in [6.45, 7) is 0.268. The maximum Gasteiger partial charge on any atom is 0.266 e. The molecule has 0 fully saturated rings. The summed E-state index contributed by atoms with van der Waals surface area (Å²) in [5.74, 6) is 0.0926. The van der Waals surface area contributed by atoms with E-state index in [0.717, 1.165) is 5.56 Å². The van der Waals surface area contributed by atoms with Crippen LogP contribution in [0.1, 0.15) is 16.7 Å². The summed E-state index contributed by atoms with van der Waals surface area (Å²) in [5.41, 5.74) is 2.52. The van der Waals surface area contributed by atoms with Crippen molar-refractivity contribution in [3.63, 3.8) is 0 Å². The molecule has 1 N–H and O–H groups in total. The predicted octanol–water partition coefficient (Wildman–Crippen LogP) is 5.34. The smallest absolute Gasteiger partial charge is 0.266 e. The highest BCUT2D eigenvalue weighted by atomic mass is 35.5. The highest BCUT2D eigenvalue weighted by Gasteiger charge is 2.10. The first kappa shape index (κ1) is 20.7. The summed E-state index contributed by atoms with van der Waals surface area (Å²) in [6.07, 6.45) is 1.49. The van der Waals surface area contributed by atoms with Crippen molar-refractivity contribution in [2.24, 2.45) is 0 Å². The number of anilines is 1. The molecule has 6 heteroatoms. The maximum absolute atomic E-state index is 12.4. The number of hydrogen-bond donors (Lipinski definition) is 1. The predicted molar refractivity (Wildman–Crippen MR) is 116 cm³/mol. The van der Waals surface area contributed by atoms with Gasteiger partial charge in [0, 0.05) is 16.3 Å². The average molecular weight is 414 g/mol. The molecule has 0 heterocycles. The molecule has 0 saturated carbocycles. The number of carbonyl (C=O) groups is 1. The third kappa shape index (κ3) is 5.48. The zero-order chi connectivity index (χ0) is 21.3. The molecule has 0 aliphatic heterocycles. The summed E-state index contributed by atoms with van der Waals surface area (Å²) >= 11 is 5.91. The van der Waals surface area contributed by atoms with Gasteiger partial charge in [-0.2, -0.15) is 10.5 Å². The van der Waals surface area contributed by atoms with Crippen LogP contribution in [0.2, 0.25) is 5.02 Å². The van der Waals surface area contributed by atoms with Crippen LogP contribution in [0.15, 0.2) is 78.4 Å². The molecule has 0 spiro atoms. The van der Waals surface area contributed by atoms with E-state index in [-0.39, 0.29) is 12.2 Å². The Balaban J connectivity index is 1.67. The molecule has 30 heavy (non-hydrogen) atoms. The molecule has 5 nitrogen and oxygen atoms in total. The molecular weight excluding hydrogens is 398 g/mol. The SMILES string of the molecule is N#C/C(=C\c1ccc(OCc2ccccc2C#N)cc1)C(=O)Nc1cccc(Cl)c1. The number of ether oxygens (including phenoxy) is 1. The van der Waals surface area contributed by atoms with Crippen molar-refractivity contribution in [1.29, 1.82) is 10.5 Å². The van der Waals surface area contributed by atoms with Crippen LogP contribution in [-0.2, 0) is 11.4 Å². The van der Waals surface area contributed by atoms with Crippen LogP contribution >= 0.6 is 11.6 Å². The third-order valence-electron chi connectivity index (χ3n) is 4.17. The molecule has 0 radical (unpaired) electrons. The van der Waals surface area contributed by atoms with E-state index in [9.17, 15) is 10.1 Å². The number of carbonyl (C=O) groups excluding carboxylic acids is 1. The molecule has 0 saturated heterocycles. The number of amides is 1. The van der Waals surface area contributed by atoms with E-state index in [2.05, 4.69) is 11.4 Å². The fraction of sp³-hybridized carbons (Fsp3) is 0.0417. The van der Waals surface area contributed by atoms with Gasteiger partial charge in [0.25, 0.3) is 5.91 Å². The van der Waals surface area contributed by atoms with E-state index in [1.807, 2.05) is 18.2 Å². The van der Waals surface area contributed by atoms with E-state index in [0.29, 0.717) is 27.6 Å². The van der Waals surface area contributed by atoms with Crippen LogP contribution in [-0.4, -0.2) is 5.91 Å². The Morgan fingerprint density at radius 1 is 1.03 bits per heavy atom. The quantitative estimate of drug-likeness (QED) is 0.436. The highest BCUT2D eigenvalue weighted by molar-refractivity contribution is 6.31. The fourth-order valence-corrected chi connectivity index (χ4v) is 2.85. The summed E-state index contributed by atoms with van der Waals surface area (Å²) < 4.78 is 5.73. The van der Waals surface area contributed by atoms with Crippen molar-refractivity contribution < 1.29 is 9.53 Å². The van der Waals surface area contributed by atoms with Gasteiger partial charge in [-0.05, 0) is 48.0 Å². The first-order valence-electron chi connectivity index (χ1n) is 8.98. The number of hydrogen-bond acceptors (Lipinski definition) is 4. The molecule has 3 rings (SSSR count).